The molecular weight excluding hydrogens is 394 g/mol. The van der Waals surface area contributed by atoms with E-state index in [0.717, 1.165) is 38.2 Å². The lowest BCUT2D eigenvalue weighted by Gasteiger charge is -2.32. The summed E-state index contributed by atoms with van der Waals surface area (Å²) in [6.07, 6.45) is 5.59. The number of nitrogens with one attached hydrogen (secondary N) is 2. The summed E-state index contributed by atoms with van der Waals surface area (Å²) in [4.78, 5) is 31.4. The summed E-state index contributed by atoms with van der Waals surface area (Å²) in [6.45, 7) is 4.63. The van der Waals surface area contributed by atoms with Gasteiger partial charge in [0.2, 0.25) is 5.95 Å². The Balaban J connectivity index is 1.42. The minimum Gasteiger partial charge on any atom is -0.469 e. The molecule has 0 unspecified atom stereocenters. The summed E-state index contributed by atoms with van der Waals surface area (Å²) in [6, 6.07) is 8.39. The molecule has 31 heavy (non-hydrogen) atoms. The number of hydrogen-bond donors (Lipinski definition) is 2. The number of aryl methyl sites for hydroxylation is 1. The van der Waals surface area contributed by atoms with Gasteiger partial charge in [0.15, 0.2) is 5.82 Å². The standard InChI is InChI=1S/C22H27N7O2/c1-15-4-3-5-17(12-15)26-21-20-18(24-14-25-21)13-23-22(28-20)27-16-6-9-29(10-7-16)11-8-19(30)31-2/h3-5,12-14,16H,6-11H2,1-2H3,(H,23,27,28)(H,24,25,26). The van der Waals surface area contributed by atoms with Crippen LogP contribution in [0.2, 0.25) is 0 Å². The Morgan fingerprint density at radius 2 is 2.06 bits per heavy atom. The van der Waals surface area contributed by atoms with Crippen LogP contribution in [-0.2, 0) is 9.53 Å². The zero-order valence-corrected chi connectivity index (χ0v) is 17.8. The molecule has 0 bridgehead atoms. The van der Waals surface area contributed by atoms with Gasteiger partial charge in [0, 0.05) is 31.4 Å². The van der Waals surface area contributed by atoms with E-state index >= 15 is 0 Å². The Morgan fingerprint density at radius 1 is 1.23 bits per heavy atom. The lowest BCUT2D eigenvalue weighted by molar-refractivity contribution is -0.141. The molecule has 1 saturated heterocycles. The van der Waals surface area contributed by atoms with Crippen molar-refractivity contribution in [2.45, 2.75) is 32.2 Å². The highest BCUT2D eigenvalue weighted by Crippen LogP contribution is 2.23. The third-order valence-corrected chi connectivity index (χ3v) is 5.44. The van der Waals surface area contributed by atoms with Crippen LogP contribution in [0.4, 0.5) is 17.5 Å². The van der Waals surface area contributed by atoms with E-state index in [-0.39, 0.29) is 12.0 Å². The summed E-state index contributed by atoms with van der Waals surface area (Å²) in [5.74, 6) is 1.06. The summed E-state index contributed by atoms with van der Waals surface area (Å²) in [5.41, 5.74) is 3.48. The smallest absolute Gasteiger partial charge is 0.306 e. The number of piperidine rings is 1. The largest absolute Gasteiger partial charge is 0.469 e. The Kier molecular flexibility index (Phi) is 6.51. The maximum absolute atomic E-state index is 11.3. The van der Waals surface area contributed by atoms with Crippen LogP contribution in [0.5, 0.6) is 0 Å². The van der Waals surface area contributed by atoms with Crippen molar-refractivity contribution in [1.82, 2.24) is 24.8 Å². The maximum atomic E-state index is 11.3. The van der Waals surface area contributed by atoms with Crippen molar-refractivity contribution in [1.29, 1.82) is 0 Å². The number of carbonyl (C=O) groups excluding carboxylic acids is 1. The van der Waals surface area contributed by atoms with Gasteiger partial charge in [-0.25, -0.2) is 19.9 Å². The zero-order valence-electron chi connectivity index (χ0n) is 17.8. The van der Waals surface area contributed by atoms with Crippen molar-refractivity contribution in [3.8, 4) is 0 Å². The Labute approximate surface area is 181 Å². The molecule has 3 aromatic rings. The van der Waals surface area contributed by atoms with E-state index in [1.165, 1.54) is 19.0 Å². The highest BCUT2D eigenvalue weighted by molar-refractivity contribution is 5.87. The average molecular weight is 422 g/mol. The summed E-state index contributed by atoms with van der Waals surface area (Å²) < 4.78 is 4.72. The zero-order chi connectivity index (χ0) is 21.6. The van der Waals surface area contributed by atoms with Crippen molar-refractivity contribution in [2.75, 3.05) is 37.4 Å². The van der Waals surface area contributed by atoms with Gasteiger partial charge in [0.25, 0.3) is 0 Å². The number of ether oxygens (including phenoxy) is 1. The van der Waals surface area contributed by atoms with Crippen LogP contribution in [0, 0.1) is 6.92 Å². The fourth-order valence-corrected chi connectivity index (χ4v) is 3.71. The maximum Gasteiger partial charge on any atom is 0.306 e. The van der Waals surface area contributed by atoms with Gasteiger partial charge in [-0.15, -0.1) is 0 Å². The van der Waals surface area contributed by atoms with Gasteiger partial charge in [0.1, 0.15) is 17.4 Å². The molecule has 9 nitrogen and oxygen atoms in total. The van der Waals surface area contributed by atoms with E-state index in [2.05, 4.69) is 36.6 Å². The second-order valence-corrected chi connectivity index (χ2v) is 7.73. The highest BCUT2D eigenvalue weighted by Gasteiger charge is 2.20. The van der Waals surface area contributed by atoms with Gasteiger partial charge in [-0.2, -0.15) is 0 Å². The Morgan fingerprint density at radius 3 is 2.84 bits per heavy atom. The predicted octanol–water partition coefficient (Wildman–Crippen LogP) is 2.91. The molecule has 2 aromatic heterocycles. The van der Waals surface area contributed by atoms with Crippen LogP contribution in [0.15, 0.2) is 36.8 Å². The molecule has 1 aliphatic heterocycles. The number of methoxy groups -OCH3 is 1. The molecule has 3 heterocycles. The van der Waals surface area contributed by atoms with E-state index in [0.29, 0.717) is 29.2 Å². The number of anilines is 3. The number of benzene rings is 1. The number of rotatable bonds is 7. The van der Waals surface area contributed by atoms with Gasteiger partial charge in [0.05, 0.1) is 19.7 Å². The number of hydrogen-bond acceptors (Lipinski definition) is 9. The fourth-order valence-electron chi connectivity index (χ4n) is 3.71. The molecule has 0 spiro atoms. The molecule has 1 fully saturated rings. The van der Waals surface area contributed by atoms with Crippen molar-refractivity contribution < 1.29 is 9.53 Å². The molecule has 0 radical (unpaired) electrons. The first-order valence-corrected chi connectivity index (χ1v) is 10.5. The number of carbonyl (C=O) groups is 1. The molecule has 0 aliphatic carbocycles. The predicted molar refractivity (Wildman–Crippen MR) is 119 cm³/mol. The molecule has 2 N–H and O–H groups in total. The molecule has 1 aromatic carbocycles. The van der Waals surface area contributed by atoms with Gasteiger partial charge in [-0.3, -0.25) is 4.79 Å². The van der Waals surface area contributed by atoms with E-state index in [1.807, 2.05) is 25.1 Å². The quantitative estimate of drug-likeness (QED) is 0.557. The second kappa shape index (κ2) is 9.65. The lowest BCUT2D eigenvalue weighted by Crippen LogP contribution is -2.40. The molecule has 1 aliphatic rings. The minimum atomic E-state index is -0.165. The van der Waals surface area contributed by atoms with E-state index in [4.69, 9.17) is 9.72 Å². The van der Waals surface area contributed by atoms with Crippen molar-refractivity contribution >= 4 is 34.5 Å². The third-order valence-electron chi connectivity index (χ3n) is 5.44. The van der Waals surface area contributed by atoms with Gasteiger partial charge >= 0.3 is 5.97 Å². The molecule has 0 amide bonds. The van der Waals surface area contributed by atoms with Gasteiger partial charge < -0.3 is 20.3 Å². The second-order valence-electron chi connectivity index (χ2n) is 7.73. The Bertz CT molecular complexity index is 1050. The number of likely N-dealkylation sites (tertiary alicyclic amines) is 1. The van der Waals surface area contributed by atoms with Crippen LogP contribution in [-0.4, -0.2) is 63.6 Å². The number of esters is 1. The van der Waals surface area contributed by atoms with Crippen molar-refractivity contribution in [3.63, 3.8) is 0 Å². The Hall–Kier alpha value is -3.33. The highest BCUT2D eigenvalue weighted by atomic mass is 16.5. The molecule has 4 rings (SSSR count). The molecule has 9 heteroatoms. The molecule has 162 valence electrons. The van der Waals surface area contributed by atoms with E-state index in [1.54, 1.807) is 6.20 Å². The number of fused-ring (bicyclic) bond motifs is 1. The monoisotopic (exact) mass is 421 g/mol. The van der Waals surface area contributed by atoms with Crippen LogP contribution in [0.1, 0.15) is 24.8 Å². The van der Waals surface area contributed by atoms with Gasteiger partial charge in [-0.1, -0.05) is 12.1 Å². The first kappa shape index (κ1) is 20.9. The molecular formula is C22H27N7O2. The lowest BCUT2D eigenvalue weighted by atomic mass is 10.1. The van der Waals surface area contributed by atoms with Gasteiger partial charge in [-0.05, 0) is 37.5 Å². The number of nitrogens with zero attached hydrogens (tertiary/aromatic N) is 5. The summed E-state index contributed by atoms with van der Waals surface area (Å²) in [7, 11) is 1.43. The van der Waals surface area contributed by atoms with E-state index < -0.39 is 0 Å². The third kappa shape index (κ3) is 5.43. The van der Waals surface area contributed by atoms with Crippen LogP contribution in [0.3, 0.4) is 0 Å². The first-order valence-electron chi connectivity index (χ1n) is 10.5. The first-order chi connectivity index (χ1) is 15.1. The topological polar surface area (TPSA) is 105 Å². The average Bonchev–Trinajstić information content (AvgIpc) is 2.79. The molecule has 0 saturated carbocycles. The number of aromatic nitrogens is 4. The van der Waals surface area contributed by atoms with E-state index in [9.17, 15) is 4.79 Å². The SMILES string of the molecule is COC(=O)CCN1CCC(Nc2ncc3ncnc(Nc4cccc(C)c4)c3n2)CC1. The normalized spacial score (nSPS) is 15.0. The summed E-state index contributed by atoms with van der Waals surface area (Å²) >= 11 is 0. The summed E-state index contributed by atoms with van der Waals surface area (Å²) in [5, 5.41) is 6.78. The fraction of sp³-hybridized carbons (Fsp3) is 0.409. The van der Waals surface area contributed by atoms with Crippen molar-refractivity contribution in [3.05, 3.63) is 42.4 Å². The van der Waals surface area contributed by atoms with Crippen LogP contribution >= 0.6 is 0 Å². The molecule has 0 atom stereocenters. The minimum absolute atomic E-state index is 0.165. The van der Waals surface area contributed by atoms with Crippen molar-refractivity contribution in [2.24, 2.45) is 0 Å². The van der Waals surface area contributed by atoms with Crippen LogP contribution in [0.25, 0.3) is 11.0 Å². The van der Waals surface area contributed by atoms with Crippen LogP contribution < -0.4 is 10.6 Å².